The minimum atomic E-state index is 0.00496. The molecule has 2 rings (SSSR count). The summed E-state index contributed by atoms with van der Waals surface area (Å²) in [6, 6.07) is 11.5. The minimum absolute atomic E-state index is 0.00496. The van der Waals surface area contributed by atoms with Crippen molar-refractivity contribution in [3.8, 4) is 5.75 Å². The van der Waals surface area contributed by atoms with Crippen LogP contribution in [0, 0.1) is 0 Å². The molecule has 134 valence electrons. The lowest BCUT2D eigenvalue weighted by Gasteiger charge is -2.20. The SMILES string of the molecule is CCOc1ccc(NC(=O)CCc2ccnc(N(CC)CC)c2)cc1. The Kier molecular flexibility index (Phi) is 7.26. The van der Waals surface area contributed by atoms with E-state index >= 15 is 0 Å². The van der Waals surface area contributed by atoms with Crippen LogP contribution < -0.4 is 15.0 Å². The summed E-state index contributed by atoms with van der Waals surface area (Å²) in [6.45, 7) is 8.65. The van der Waals surface area contributed by atoms with Crippen molar-refractivity contribution in [1.82, 2.24) is 4.98 Å². The number of nitrogens with one attached hydrogen (secondary N) is 1. The Hall–Kier alpha value is -2.56. The van der Waals surface area contributed by atoms with Gasteiger partial charge in [-0.2, -0.15) is 0 Å². The Morgan fingerprint density at radius 2 is 1.84 bits per heavy atom. The van der Waals surface area contributed by atoms with Crippen molar-refractivity contribution in [1.29, 1.82) is 0 Å². The van der Waals surface area contributed by atoms with Gasteiger partial charge >= 0.3 is 0 Å². The second-order valence-electron chi connectivity index (χ2n) is 5.70. The normalized spacial score (nSPS) is 10.4. The molecule has 0 saturated carbocycles. The van der Waals surface area contributed by atoms with E-state index < -0.39 is 0 Å². The van der Waals surface area contributed by atoms with Crippen molar-refractivity contribution >= 4 is 17.4 Å². The number of hydrogen-bond acceptors (Lipinski definition) is 4. The molecule has 0 atom stereocenters. The Morgan fingerprint density at radius 1 is 1.12 bits per heavy atom. The third-order valence-corrected chi connectivity index (χ3v) is 3.99. The molecule has 0 aliphatic rings. The van der Waals surface area contributed by atoms with Gasteiger partial charge in [0.2, 0.25) is 5.91 Å². The first-order valence-electron chi connectivity index (χ1n) is 8.88. The van der Waals surface area contributed by atoms with Gasteiger partial charge in [0.25, 0.3) is 0 Å². The minimum Gasteiger partial charge on any atom is -0.494 e. The van der Waals surface area contributed by atoms with Gasteiger partial charge in [0, 0.05) is 31.4 Å². The van der Waals surface area contributed by atoms with Crippen LogP contribution in [0.4, 0.5) is 11.5 Å². The predicted molar refractivity (Wildman–Crippen MR) is 102 cm³/mol. The van der Waals surface area contributed by atoms with Crippen LogP contribution in [0.2, 0.25) is 0 Å². The van der Waals surface area contributed by atoms with Crippen molar-refractivity contribution < 1.29 is 9.53 Å². The molecule has 0 unspecified atom stereocenters. The molecule has 0 aliphatic carbocycles. The third-order valence-electron chi connectivity index (χ3n) is 3.99. The molecule has 0 spiro atoms. The smallest absolute Gasteiger partial charge is 0.224 e. The summed E-state index contributed by atoms with van der Waals surface area (Å²) in [6.07, 6.45) is 2.95. The number of pyridine rings is 1. The van der Waals surface area contributed by atoms with E-state index in [2.05, 4.69) is 35.1 Å². The molecule has 2 aromatic rings. The first-order valence-corrected chi connectivity index (χ1v) is 8.88. The van der Waals surface area contributed by atoms with E-state index in [-0.39, 0.29) is 5.91 Å². The van der Waals surface area contributed by atoms with Crippen LogP contribution in [0.1, 0.15) is 32.8 Å². The lowest BCUT2D eigenvalue weighted by molar-refractivity contribution is -0.116. The topological polar surface area (TPSA) is 54.5 Å². The van der Waals surface area contributed by atoms with E-state index in [4.69, 9.17) is 4.74 Å². The van der Waals surface area contributed by atoms with Crippen molar-refractivity contribution in [2.75, 3.05) is 29.9 Å². The Balaban J connectivity index is 1.88. The first-order chi connectivity index (χ1) is 12.2. The summed E-state index contributed by atoms with van der Waals surface area (Å²) in [5.74, 6) is 1.78. The summed E-state index contributed by atoms with van der Waals surface area (Å²) in [4.78, 5) is 18.8. The van der Waals surface area contributed by atoms with Gasteiger partial charge < -0.3 is 15.0 Å². The monoisotopic (exact) mass is 341 g/mol. The zero-order chi connectivity index (χ0) is 18.1. The Bertz CT molecular complexity index is 667. The van der Waals surface area contributed by atoms with Gasteiger partial charge in [-0.1, -0.05) is 0 Å². The van der Waals surface area contributed by atoms with Gasteiger partial charge in [0.15, 0.2) is 0 Å². The molecule has 0 saturated heterocycles. The molecular weight excluding hydrogens is 314 g/mol. The van der Waals surface area contributed by atoms with E-state index in [0.717, 1.165) is 35.9 Å². The fourth-order valence-electron chi connectivity index (χ4n) is 2.62. The summed E-state index contributed by atoms with van der Waals surface area (Å²) in [5, 5.41) is 2.92. The number of rotatable bonds is 9. The van der Waals surface area contributed by atoms with Gasteiger partial charge in [-0.25, -0.2) is 4.98 Å². The number of ether oxygens (including phenoxy) is 1. The van der Waals surface area contributed by atoms with E-state index in [1.165, 1.54) is 0 Å². The average molecular weight is 341 g/mol. The lowest BCUT2D eigenvalue weighted by atomic mass is 10.1. The molecule has 0 fully saturated rings. The highest BCUT2D eigenvalue weighted by atomic mass is 16.5. The molecule has 5 nitrogen and oxygen atoms in total. The average Bonchev–Trinajstić information content (AvgIpc) is 2.63. The van der Waals surface area contributed by atoms with Crippen LogP contribution in [0.3, 0.4) is 0 Å². The number of anilines is 2. The highest BCUT2D eigenvalue weighted by molar-refractivity contribution is 5.90. The number of aryl methyl sites for hydroxylation is 1. The van der Waals surface area contributed by atoms with Gasteiger partial charge in [-0.15, -0.1) is 0 Å². The van der Waals surface area contributed by atoms with E-state index in [0.29, 0.717) is 19.4 Å². The summed E-state index contributed by atoms with van der Waals surface area (Å²) >= 11 is 0. The summed E-state index contributed by atoms with van der Waals surface area (Å²) in [7, 11) is 0. The second-order valence-corrected chi connectivity index (χ2v) is 5.70. The fraction of sp³-hybridized carbons (Fsp3) is 0.400. The number of carbonyl (C=O) groups is 1. The van der Waals surface area contributed by atoms with Gasteiger partial charge in [0.1, 0.15) is 11.6 Å². The maximum Gasteiger partial charge on any atom is 0.224 e. The molecule has 25 heavy (non-hydrogen) atoms. The van der Waals surface area contributed by atoms with Crippen LogP contribution in [0.5, 0.6) is 5.75 Å². The lowest BCUT2D eigenvalue weighted by Crippen LogP contribution is -2.23. The van der Waals surface area contributed by atoms with Crippen molar-refractivity contribution in [2.24, 2.45) is 0 Å². The maximum atomic E-state index is 12.2. The Labute approximate surface area is 150 Å². The van der Waals surface area contributed by atoms with Gasteiger partial charge in [0.05, 0.1) is 6.61 Å². The zero-order valence-electron chi connectivity index (χ0n) is 15.3. The highest BCUT2D eigenvalue weighted by Crippen LogP contribution is 2.17. The van der Waals surface area contributed by atoms with Crippen LogP contribution in [0.25, 0.3) is 0 Å². The quantitative estimate of drug-likeness (QED) is 0.751. The highest BCUT2D eigenvalue weighted by Gasteiger charge is 2.07. The van der Waals surface area contributed by atoms with Crippen LogP contribution in [0.15, 0.2) is 42.6 Å². The number of amides is 1. The summed E-state index contributed by atoms with van der Waals surface area (Å²) in [5.41, 5.74) is 1.91. The molecule has 1 aromatic carbocycles. The first kappa shape index (κ1) is 18.8. The van der Waals surface area contributed by atoms with Crippen LogP contribution >= 0.6 is 0 Å². The largest absolute Gasteiger partial charge is 0.494 e. The molecule has 1 aromatic heterocycles. The standard InChI is InChI=1S/C20H27N3O2/c1-4-23(5-2)19-15-16(13-14-21-19)7-12-20(24)22-17-8-10-18(11-9-17)25-6-3/h8-11,13-15H,4-7,12H2,1-3H3,(H,22,24). The van der Waals surface area contributed by atoms with Crippen LogP contribution in [-0.4, -0.2) is 30.6 Å². The van der Waals surface area contributed by atoms with Crippen molar-refractivity contribution in [3.63, 3.8) is 0 Å². The molecule has 0 bridgehead atoms. The molecule has 1 amide bonds. The number of nitrogens with zero attached hydrogens (tertiary/aromatic N) is 2. The number of carbonyl (C=O) groups excluding carboxylic acids is 1. The number of hydrogen-bond donors (Lipinski definition) is 1. The fourth-order valence-corrected chi connectivity index (χ4v) is 2.62. The zero-order valence-corrected chi connectivity index (χ0v) is 15.3. The third kappa shape index (κ3) is 5.78. The van der Waals surface area contributed by atoms with E-state index in [1.807, 2.05) is 43.5 Å². The molecule has 1 N–H and O–H groups in total. The number of benzene rings is 1. The van der Waals surface area contributed by atoms with Crippen molar-refractivity contribution in [2.45, 2.75) is 33.6 Å². The summed E-state index contributed by atoms with van der Waals surface area (Å²) < 4.78 is 5.40. The molecule has 5 heteroatoms. The van der Waals surface area contributed by atoms with Gasteiger partial charge in [-0.05, 0) is 69.2 Å². The van der Waals surface area contributed by atoms with E-state index in [1.54, 1.807) is 0 Å². The van der Waals surface area contributed by atoms with E-state index in [9.17, 15) is 4.79 Å². The molecular formula is C20H27N3O2. The predicted octanol–water partition coefficient (Wildman–Crippen LogP) is 3.90. The molecule has 0 aliphatic heterocycles. The maximum absolute atomic E-state index is 12.2. The Morgan fingerprint density at radius 3 is 2.48 bits per heavy atom. The van der Waals surface area contributed by atoms with Gasteiger partial charge in [-0.3, -0.25) is 4.79 Å². The second kappa shape index (κ2) is 9.67. The van der Waals surface area contributed by atoms with Crippen LogP contribution in [-0.2, 0) is 11.2 Å². The number of aromatic nitrogens is 1. The molecule has 1 heterocycles. The molecule has 0 radical (unpaired) electrons. The van der Waals surface area contributed by atoms with Crippen molar-refractivity contribution in [3.05, 3.63) is 48.2 Å².